The number of rotatable bonds is 4. The van der Waals surface area contributed by atoms with Crippen LogP contribution >= 0.6 is 0 Å². The van der Waals surface area contributed by atoms with Crippen LogP contribution in [-0.2, 0) is 0 Å². The summed E-state index contributed by atoms with van der Waals surface area (Å²) in [6, 6.07) is 0. The Labute approximate surface area is 55.9 Å². The van der Waals surface area contributed by atoms with Gasteiger partial charge >= 0.3 is 0 Å². The molecule has 3 nitrogen and oxygen atoms in total. The second-order valence-electron chi connectivity index (χ2n) is 2.19. The highest BCUT2D eigenvalue weighted by Gasteiger charge is 2.03. The minimum absolute atomic E-state index is 0.148. The first-order valence-electron chi connectivity index (χ1n) is 3.18. The van der Waals surface area contributed by atoms with Gasteiger partial charge in [-0.25, -0.2) is 0 Å². The third kappa shape index (κ3) is 4.39. The van der Waals surface area contributed by atoms with Crippen LogP contribution < -0.4 is 0 Å². The van der Waals surface area contributed by atoms with Crippen molar-refractivity contribution in [1.29, 1.82) is 0 Å². The molecule has 0 aliphatic rings. The van der Waals surface area contributed by atoms with Crippen LogP contribution in [0.15, 0.2) is 0 Å². The van der Waals surface area contributed by atoms with E-state index in [0.717, 1.165) is 6.54 Å². The van der Waals surface area contributed by atoms with Crippen molar-refractivity contribution < 1.29 is 10.2 Å². The van der Waals surface area contributed by atoms with E-state index in [0.29, 0.717) is 6.54 Å². The first kappa shape index (κ1) is 8.88. The first-order chi connectivity index (χ1) is 4.20. The molecule has 0 aromatic rings. The van der Waals surface area contributed by atoms with E-state index in [1.807, 2.05) is 18.9 Å². The predicted molar refractivity (Wildman–Crippen MR) is 36.3 cm³/mol. The van der Waals surface area contributed by atoms with Crippen molar-refractivity contribution in [2.45, 2.75) is 13.0 Å². The normalized spacial score (nSPS) is 14.3. The van der Waals surface area contributed by atoms with E-state index >= 15 is 0 Å². The molecular formula is C6H15NO2. The fraction of sp³-hybridized carbons (Fsp3) is 1.00. The molecule has 56 valence electrons. The third-order valence-electron chi connectivity index (χ3n) is 1.27. The lowest BCUT2D eigenvalue weighted by Crippen LogP contribution is -2.30. The quantitative estimate of drug-likeness (QED) is 0.532. The minimum Gasteiger partial charge on any atom is -0.394 e. The van der Waals surface area contributed by atoms with Crippen molar-refractivity contribution in [3.05, 3.63) is 0 Å². The van der Waals surface area contributed by atoms with Crippen molar-refractivity contribution in [1.82, 2.24) is 4.90 Å². The summed E-state index contributed by atoms with van der Waals surface area (Å²) in [6.45, 7) is 3.30. The molecule has 0 amide bonds. The average molecular weight is 133 g/mol. The van der Waals surface area contributed by atoms with Crippen LogP contribution in [0.5, 0.6) is 0 Å². The van der Waals surface area contributed by atoms with Gasteiger partial charge in [-0.05, 0) is 13.6 Å². The van der Waals surface area contributed by atoms with E-state index < -0.39 is 6.10 Å². The summed E-state index contributed by atoms with van der Waals surface area (Å²) in [4.78, 5) is 1.95. The molecule has 0 aliphatic carbocycles. The van der Waals surface area contributed by atoms with Gasteiger partial charge in [0.2, 0.25) is 0 Å². The number of aliphatic hydroxyl groups is 2. The average Bonchev–Trinajstić information content (AvgIpc) is 1.87. The van der Waals surface area contributed by atoms with Crippen LogP contribution in [0, 0.1) is 0 Å². The minimum atomic E-state index is -0.588. The first-order valence-corrected chi connectivity index (χ1v) is 3.18. The Hall–Kier alpha value is -0.120. The molecule has 0 fully saturated rings. The Morgan fingerprint density at radius 2 is 2.11 bits per heavy atom. The molecule has 0 rings (SSSR count). The Bertz CT molecular complexity index is 60.1. The zero-order chi connectivity index (χ0) is 7.28. The predicted octanol–water partition coefficient (Wildman–Crippen LogP) is -0.709. The molecule has 0 aliphatic heterocycles. The maximum absolute atomic E-state index is 8.87. The van der Waals surface area contributed by atoms with Gasteiger partial charge in [-0.1, -0.05) is 6.92 Å². The van der Waals surface area contributed by atoms with Crippen LogP contribution in [0.4, 0.5) is 0 Å². The van der Waals surface area contributed by atoms with Gasteiger partial charge in [0, 0.05) is 6.54 Å². The number of hydrogen-bond donors (Lipinski definition) is 2. The highest BCUT2D eigenvalue weighted by Crippen LogP contribution is 1.85. The summed E-state index contributed by atoms with van der Waals surface area (Å²) < 4.78 is 0. The highest BCUT2D eigenvalue weighted by atomic mass is 16.3. The number of likely N-dealkylation sites (N-methyl/N-ethyl adjacent to an activating group) is 1. The number of aliphatic hydroxyl groups excluding tert-OH is 2. The van der Waals surface area contributed by atoms with Gasteiger partial charge < -0.3 is 15.1 Å². The van der Waals surface area contributed by atoms with E-state index in [9.17, 15) is 0 Å². The lowest BCUT2D eigenvalue weighted by atomic mass is 10.3. The van der Waals surface area contributed by atoms with Crippen LogP contribution in [0.3, 0.4) is 0 Å². The van der Waals surface area contributed by atoms with Gasteiger partial charge in [-0.15, -0.1) is 0 Å². The van der Waals surface area contributed by atoms with Gasteiger partial charge in [0.05, 0.1) is 12.7 Å². The zero-order valence-electron chi connectivity index (χ0n) is 6.04. The number of hydrogen-bond acceptors (Lipinski definition) is 3. The summed E-state index contributed by atoms with van der Waals surface area (Å²) in [7, 11) is 1.90. The molecule has 0 spiro atoms. The van der Waals surface area contributed by atoms with Crippen molar-refractivity contribution in [3.8, 4) is 0 Å². The second kappa shape index (κ2) is 4.73. The lowest BCUT2D eigenvalue weighted by Gasteiger charge is -2.16. The van der Waals surface area contributed by atoms with E-state index in [-0.39, 0.29) is 6.61 Å². The number of nitrogens with zero attached hydrogens (tertiary/aromatic N) is 1. The summed E-state index contributed by atoms with van der Waals surface area (Å²) in [6.07, 6.45) is -0.588. The molecule has 0 radical (unpaired) electrons. The second-order valence-corrected chi connectivity index (χ2v) is 2.19. The topological polar surface area (TPSA) is 43.7 Å². The SMILES string of the molecule is CCN(C)CC(O)CO. The fourth-order valence-corrected chi connectivity index (χ4v) is 0.547. The van der Waals surface area contributed by atoms with Gasteiger partial charge in [-0.3, -0.25) is 0 Å². The summed E-state index contributed by atoms with van der Waals surface area (Å²) in [5.74, 6) is 0. The fourth-order valence-electron chi connectivity index (χ4n) is 0.547. The van der Waals surface area contributed by atoms with Crippen molar-refractivity contribution in [2.24, 2.45) is 0 Å². The van der Waals surface area contributed by atoms with E-state index in [1.165, 1.54) is 0 Å². The zero-order valence-corrected chi connectivity index (χ0v) is 6.04. The molecule has 0 saturated heterocycles. The summed E-state index contributed by atoms with van der Waals surface area (Å²) in [5.41, 5.74) is 0. The standard InChI is InChI=1S/C6H15NO2/c1-3-7(2)4-6(9)5-8/h6,8-9H,3-5H2,1-2H3. The highest BCUT2D eigenvalue weighted by molar-refractivity contribution is 4.56. The lowest BCUT2D eigenvalue weighted by molar-refractivity contribution is 0.0680. The molecule has 0 bridgehead atoms. The molecule has 1 unspecified atom stereocenters. The Kier molecular flexibility index (Phi) is 4.67. The molecule has 0 saturated carbocycles. The van der Waals surface area contributed by atoms with Crippen LogP contribution in [0.1, 0.15) is 6.92 Å². The Balaban J connectivity index is 3.22. The molecule has 3 heteroatoms. The van der Waals surface area contributed by atoms with Crippen LogP contribution in [0.2, 0.25) is 0 Å². The Morgan fingerprint density at radius 1 is 1.56 bits per heavy atom. The van der Waals surface area contributed by atoms with Crippen molar-refractivity contribution in [2.75, 3.05) is 26.7 Å². The summed E-state index contributed by atoms with van der Waals surface area (Å²) >= 11 is 0. The third-order valence-corrected chi connectivity index (χ3v) is 1.27. The molecule has 0 aromatic carbocycles. The Morgan fingerprint density at radius 3 is 2.44 bits per heavy atom. The monoisotopic (exact) mass is 133 g/mol. The molecular weight excluding hydrogens is 118 g/mol. The van der Waals surface area contributed by atoms with Crippen molar-refractivity contribution >= 4 is 0 Å². The molecule has 0 aromatic heterocycles. The van der Waals surface area contributed by atoms with Crippen LogP contribution in [-0.4, -0.2) is 48.0 Å². The van der Waals surface area contributed by atoms with Gasteiger partial charge in [0.15, 0.2) is 0 Å². The van der Waals surface area contributed by atoms with Crippen molar-refractivity contribution in [3.63, 3.8) is 0 Å². The largest absolute Gasteiger partial charge is 0.394 e. The van der Waals surface area contributed by atoms with E-state index in [4.69, 9.17) is 10.2 Å². The van der Waals surface area contributed by atoms with Crippen LogP contribution in [0.25, 0.3) is 0 Å². The molecule has 0 heterocycles. The van der Waals surface area contributed by atoms with E-state index in [2.05, 4.69) is 0 Å². The van der Waals surface area contributed by atoms with Gasteiger partial charge in [0.1, 0.15) is 0 Å². The molecule has 2 N–H and O–H groups in total. The maximum atomic E-state index is 8.87. The molecule has 1 atom stereocenters. The van der Waals surface area contributed by atoms with Gasteiger partial charge in [0.25, 0.3) is 0 Å². The smallest absolute Gasteiger partial charge is 0.0897 e. The van der Waals surface area contributed by atoms with Gasteiger partial charge in [-0.2, -0.15) is 0 Å². The maximum Gasteiger partial charge on any atom is 0.0897 e. The van der Waals surface area contributed by atoms with E-state index in [1.54, 1.807) is 0 Å². The molecule has 9 heavy (non-hydrogen) atoms. The summed E-state index contributed by atoms with van der Waals surface area (Å²) in [5, 5.41) is 17.3.